The van der Waals surface area contributed by atoms with Gasteiger partial charge in [-0.1, -0.05) is 20.8 Å². The highest BCUT2D eigenvalue weighted by Gasteiger charge is 2.18. The van der Waals surface area contributed by atoms with E-state index in [-0.39, 0.29) is 5.54 Å². The van der Waals surface area contributed by atoms with Crippen LogP contribution in [0.3, 0.4) is 0 Å². The Morgan fingerprint density at radius 2 is 2.00 bits per heavy atom. The van der Waals surface area contributed by atoms with Gasteiger partial charge in [-0.15, -0.1) is 0 Å². The second-order valence-corrected chi connectivity index (χ2v) is 6.43. The fraction of sp³-hybridized carbons (Fsp3) is 0.800. The summed E-state index contributed by atoms with van der Waals surface area (Å²) in [6, 6.07) is 0. The average molecular weight is 251 g/mol. The van der Waals surface area contributed by atoms with Crippen LogP contribution in [0.2, 0.25) is 0 Å². The number of aromatic nitrogens is 2. The molecule has 1 N–H and O–H groups in total. The van der Waals surface area contributed by atoms with Gasteiger partial charge in [0, 0.05) is 18.3 Å². The van der Waals surface area contributed by atoms with Crippen LogP contribution in [-0.4, -0.2) is 21.9 Å². The lowest BCUT2D eigenvalue weighted by molar-refractivity contribution is 0.359. The summed E-state index contributed by atoms with van der Waals surface area (Å²) < 4.78 is 2.05. The van der Waals surface area contributed by atoms with Crippen molar-refractivity contribution in [3.05, 3.63) is 18.0 Å². The van der Waals surface area contributed by atoms with E-state index in [2.05, 4.69) is 62.8 Å². The number of hydrogen-bond acceptors (Lipinski definition) is 2. The van der Waals surface area contributed by atoms with Crippen molar-refractivity contribution in [2.45, 2.75) is 66.0 Å². The van der Waals surface area contributed by atoms with Crippen molar-refractivity contribution >= 4 is 0 Å². The van der Waals surface area contributed by atoms with Gasteiger partial charge < -0.3 is 5.32 Å². The zero-order chi connectivity index (χ0) is 13.8. The van der Waals surface area contributed by atoms with E-state index < -0.39 is 0 Å². The van der Waals surface area contributed by atoms with Gasteiger partial charge in [0.05, 0.1) is 6.20 Å². The Morgan fingerprint density at radius 1 is 1.33 bits per heavy atom. The molecule has 0 aliphatic heterocycles. The minimum atomic E-state index is 0.195. The van der Waals surface area contributed by atoms with Gasteiger partial charge in [0.15, 0.2) is 0 Å². The monoisotopic (exact) mass is 251 g/mol. The van der Waals surface area contributed by atoms with E-state index in [1.54, 1.807) is 0 Å². The zero-order valence-electron chi connectivity index (χ0n) is 12.8. The standard InChI is InChI=1S/C15H29N3/c1-7-8-18-11-14(10-17-18)13(3)12(2)9-16-15(4,5)6/h10-13,16H,7-9H2,1-6H3. The number of aryl methyl sites for hydroxylation is 1. The van der Waals surface area contributed by atoms with E-state index in [1.807, 2.05) is 6.20 Å². The predicted molar refractivity (Wildman–Crippen MR) is 77.9 cm³/mol. The van der Waals surface area contributed by atoms with E-state index in [9.17, 15) is 0 Å². The first kappa shape index (κ1) is 15.2. The largest absolute Gasteiger partial charge is 0.312 e. The molecule has 3 heteroatoms. The third kappa shape index (κ3) is 4.81. The molecule has 18 heavy (non-hydrogen) atoms. The van der Waals surface area contributed by atoms with Crippen LogP contribution in [0, 0.1) is 5.92 Å². The molecule has 0 amide bonds. The molecule has 0 fully saturated rings. The van der Waals surface area contributed by atoms with Crippen molar-refractivity contribution in [2.24, 2.45) is 5.92 Å². The summed E-state index contributed by atoms with van der Waals surface area (Å²) in [7, 11) is 0. The Morgan fingerprint density at radius 3 is 2.56 bits per heavy atom. The maximum atomic E-state index is 4.41. The topological polar surface area (TPSA) is 29.9 Å². The average Bonchev–Trinajstić information content (AvgIpc) is 2.73. The summed E-state index contributed by atoms with van der Waals surface area (Å²) in [5, 5.41) is 7.99. The van der Waals surface area contributed by atoms with Gasteiger partial charge in [-0.3, -0.25) is 4.68 Å². The zero-order valence-corrected chi connectivity index (χ0v) is 12.8. The van der Waals surface area contributed by atoms with Crippen molar-refractivity contribution in [1.82, 2.24) is 15.1 Å². The van der Waals surface area contributed by atoms with Gasteiger partial charge in [-0.2, -0.15) is 5.10 Å². The SMILES string of the molecule is CCCn1cc(C(C)C(C)CNC(C)(C)C)cn1. The van der Waals surface area contributed by atoms with Crippen LogP contribution in [0.25, 0.3) is 0 Å². The Labute approximate surface area is 112 Å². The van der Waals surface area contributed by atoms with Crippen molar-refractivity contribution in [2.75, 3.05) is 6.54 Å². The number of nitrogens with zero attached hydrogens (tertiary/aromatic N) is 2. The summed E-state index contributed by atoms with van der Waals surface area (Å²) in [5.74, 6) is 1.16. The van der Waals surface area contributed by atoms with Crippen molar-refractivity contribution in [1.29, 1.82) is 0 Å². The number of hydrogen-bond donors (Lipinski definition) is 1. The lowest BCUT2D eigenvalue weighted by atomic mass is 9.90. The van der Waals surface area contributed by atoms with E-state index in [0.29, 0.717) is 11.8 Å². The van der Waals surface area contributed by atoms with Gasteiger partial charge in [0.25, 0.3) is 0 Å². The molecule has 1 aromatic rings. The Kier molecular flexibility index (Phi) is 5.39. The van der Waals surface area contributed by atoms with Gasteiger partial charge in [0.1, 0.15) is 0 Å². The summed E-state index contributed by atoms with van der Waals surface area (Å²) >= 11 is 0. The molecule has 0 saturated carbocycles. The molecule has 0 aliphatic carbocycles. The fourth-order valence-corrected chi connectivity index (χ4v) is 1.94. The van der Waals surface area contributed by atoms with Crippen LogP contribution in [-0.2, 0) is 6.54 Å². The molecule has 0 aliphatic rings. The molecule has 104 valence electrons. The van der Waals surface area contributed by atoms with Gasteiger partial charge in [-0.05, 0) is 51.1 Å². The van der Waals surface area contributed by atoms with E-state index >= 15 is 0 Å². The molecular formula is C15H29N3. The van der Waals surface area contributed by atoms with Crippen LogP contribution in [0.1, 0.15) is 59.4 Å². The molecule has 0 aromatic carbocycles. The van der Waals surface area contributed by atoms with Crippen molar-refractivity contribution in [3.8, 4) is 0 Å². The number of nitrogens with one attached hydrogen (secondary N) is 1. The maximum Gasteiger partial charge on any atom is 0.0524 e. The van der Waals surface area contributed by atoms with E-state index in [0.717, 1.165) is 19.5 Å². The Bertz CT molecular complexity index is 349. The lowest BCUT2D eigenvalue weighted by Gasteiger charge is -2.26. The van der Waals surface area contributed by atoms with Crippen LogP contribution in [0.5, 0.6) is 0 Å². The molecule has 3 nitrogen and oxygen atoms in total. The maximum absolute atomic E-state index is 4.41. The van der Waals surface area contributed by atoms with E-state index in [4.69, 9.17) is 0 Å². The number of rotatable bonds is 6. The minimum absolute atomic E-state index is 0.195. The second-order valence-electron chi connectivity index (χ2n) is 6.43. The minimum Gasteiger partial charge on any atom is -0.312 e. The van der Waals surface area contributed by atoms with Gasteiger partial charge >= 0.3 is 0 Å². The molecule has 0 bridgehead atoms. The van der Waals surface area contributed by atoms with Gasteiger partial charge in [-0.25, -0.2) is 0 Å². The van der Waals surface area contributed by atoms with Gasteiger partial charge in [0.2, 0.25) is 0 Å². The molecule has 1 heterocycles. The van der Waals surface area contributed by atoms with Crippen LogP contribution < -0.4 is 5.32 Å². The summed E-state index contributed by atoms with van der Waals surface area (Å²) in [5.41, 5.74) is 1.55. The highest BCUT2D eigenvalue weighted by atomic mass is 15.3. The lowest BCUT2D eigenvalue weighted by Crippen LogP contribution is -2.39. The smallest absolute Gasteiger partial charge is 0.0524 e. The fourth-order valence-electron chi connectivity index (χ4n) is 1.94. The third-order valence-corrected chi connectivity index (χ3v) is 3.44. The highest BCUT2D eigenvalue weighted by molar-refractivity contribution is 5.11. The van der Waals surface area contributed by atoms with Crippen LogP contribution in [0.4, 0.5) is 0 Å². The first-order valence-electron chi connectivity index (χ1n) is 7.11. The second kappa shape index (κ2) is 6.37. The van der Waals surface area contributed by atoms with E-state index in [1.165, 1.54) is 5.56 Å². The molecular weight excluding hydrogens is 222 g/mol. The Balaban J connectivity index is 2.54. The van der Waals surface area contributed by atoms with Crippen LogP contribution >= 0.6 is 0 Å². The molecule has 0 spiro atoms. The van der Waals surface area contributed by atoms with Crippen LogP contribution in [0.15, 0.2) is 12.4 Å². The molecule has 2 atom stereocenters. The highest BCUT2D eigenvalue weighted by Crippen LogP contribution is 2.23. The summed E-state index contributed by atoms with van der Waals surface area (Å²) in [4.78, 5) is 0. The summed E-state index contributed by atoms with van der Waals surface area (Å²) in [6.45, 7) is 15.5. The molecule has 0 radical (unpaired) electrons. The molecule has 1 rings (SSSR count). The Hall–Kier alpha value is -0.830. The van der Waals surface area contributed by atoms with Crippen molar-refractivity contribution < 1.29 is 0 Å². The predicted octanol–water partition coefficient (Wildman–Crippen LogP) is 3.42. The quantitative estimate of drug-likeness (QED) is 0.839. The molecule has 1 aromatic heterocycles. The molecule has 2 unspecified atom stereocenters. The van der Waals surface area contributed by atoms with Crippen molar-refractivity contribution in [3.63, 3.8) is 0 Å². The molecule has 0 saturated heterocycles. The normalized spacial score (nSPS) is 15.7. The first-order chi connectivity index (χ1) is 8.33. The first-order valence-corrected chi connectivity index (χ1v) is 7.11. The third-order valence-electron chi connectivity index (χ3n) is 3.44. The summed E-state index contributed by atoms with van der Waals surface area (Å²) in [6.07, 6.45) is 5.35.